The molecular formula is C25H22N4O4S. The number of nitrogens with zero attached hydrogens (tertiary/aromatic N) is 3. The summed E-state index contributed by atoms with van der Waals surface area (Å²) in [6.45, 7) is 2.03. The number of benzene rings is 3. The van der Waals surface area contributed by atoms with Crippen LogP contribution in [0, 0.1) is 17.0 Å². The standard InChI is InChI=1S/C25H22N4O4S/c1-16-4-6-17(7-5-16)23-24(18-8-11-20(12-9-18)29(30)31)34-25(27-23)28-26-15-19-10-13-21(32-2)14-22(19)33-3/h4-15H,1-3H3,(H,27,28)/b26-15-. The number of methoxy groups -OCH3 is 2. The number of anilines is 1. The maximum atomic E-state index is 11.0. The van der Waals surface area contributed by atoms with Crippen molar-refractivity contribution < 1.29 is 14.4 Å². The molecule has 0 amide bonds. The fraction of sp³-hybridized carbons (Fsp3) is 0.120. The smallest absolute Gasteiger partial charge is 0.269 e. The van der Waals surface area contributed by atoms with Crippen molar-refractivity contribution in [3.05, 3.63) is 88.0 Å². The van der Waals surface area contributed by atoms with Crippen molar-refractivity contribution in [3.63, 3.8) is 0 Å². The summed E-state index contributed by atoms with van der Waals surface area (Å²) in [4.78, 5) is 16.3. The summed E-state index contributed by atoms with van der Waals surface area (Å²) in [7, 11) is 3.19. The van der Waals surface area contributed by atoms with Crippen LogP contribution >= 0.6 is 11.3 Å². The summed E-state index contributed by atoms with van der Waals surface area (Å²) in [5.74, 6) is 1.33. The zero-order valence-electron chi connectivity index (χ0n) is 18.8. The zero-order chi connectivity index (χ0) is 24.1. The molecule has 9 heteroatoms. The average molecular weight is 475 g/mol. The van der Waals surface area contributed by atoms with E-state index in [0.717, 1.165) is 32.8 Å². The first kappa shape index (κ1) is 22.9. The molecule has 34 heavy (non-hydrogen) atoms. The summed E-state index contributed by atoms with van der Waals surface area (Å²) in [6.07, 6.45) is 1.65. The van der Waals surface area contributed by atoms with E-state index in [1.165, 1.54) is 23.5 Å². The predicted octanol–water partition coefficient (Wildman–Crippen LogP) is 6.16. The summed E-state index contributed by atoms with van der Waals surface area (Å²) in [5.41, 5.74) is 7.53. The number of rotatable bonds is 8. The van der Waals surface area contributed by atoms with Gasteiger partial charge >= 0.3 is 0 Å². The van der Waals surface area contributed by atoms with Gasteiger partial charge in [0.1, 0.15) is 11.5 Å². The van der Waals surface area contributed by atoms with Gasteiger partial charge in [-0.15, -0.1) is 0 Å². The number of hydrazone groups is 1. The van der Waals surface area contributed by atoms with E-state index in [-0.39, 0.29) is 5.69 Å². The third-order valence-corrected chi connectivity index (χ3v) is 6.11. The van der Waals surface area contributed by atoms with Crippen LogP contribution < -0.4 is 14.9 Å². The number of aryl methyl sites for hydroxylation is 1. The van der Waals surface area contributed by atoms with E-state index >= 15 is 0 Å². The van der Waals surface area contributed by atoms with E-state index in [9.17, 15) is 10.1 Å². The van der Waals surface area contributed by atoms with Gasteiger partial charge in [0.2, 0.25) is 5.13 Å². The van der Waals surface area contributed by atoms with Crippen LogP contribution in [0.5, 0.6) is 11.5 Å². The minimum atomic E-state index is -0.410. The predicted molar refractivity (Wildman–Crippen MR) is 135 cm³/mol. The lowest BCUT2D eigenvalue weighted by molar-refractivity contribution is -0.384. The highest BCUT2D eigenvalue weighted by Gasteiger charge is 2.16. The topological polar surface area (TPSA) is 98.9 Å². The lowest BCUT2D eigenvalue weighted by atomic mass is 10.1. The third kappa shape index (κ3) is 5.05. The van der Waals surface area contributed by atoms with Crippen LogP contribution in [0.15, 0.2) is 71.8 Å². The number of aromatic nitrogens is 1. The van der Waals surface area contributed by atoms with Crippen molar-refractivity contribution in [1.82, 2.24) is 4.98 Å². The Balaban J connectivity index is 1.66. The minimum Gasteiger partial charge on any atom is -0.497 e. The molecule has 0 atom stereocenters. The zero-order valence-corrected chi connectivity index (χ0v) is 19.6. The van der Waals surface area contributed by atoms with Gasteiger partial charge in [-0.05, 0) is 36.8 Å². The number of hydrogen-bond acceptors (Lipinski definition) is 8. The molecule has 0 aliphatic heterocycles. The van der Waals surface area contributed by atoms with Gasteiger partial charge in [-0.3, -0.25) is 15.5 Å². The molecule has 0 saturated heterocycles. The van der Waals surface area contributed by atoms with Crippen LogP contribution in [0.4, 0.5) is 10.8 Å². The van der Waals surface area contributed by atoms with E-state index in [0.29, 0.717) is 16.6 Å². The molecule has 1 N–H and O–H groups in total. The van der Waals surface area contributed by atoms with Crippen LogP contribution in [-0.2, 0) is 0 Å². The first-order chi connectivity index (χ1) is 16.5. The fourth-order valence-corrected chi connectivity index (χ4v) is 4.23. The van der Waals surface area contributed by atoms with Crippen molar-refractivity contribution in [2.45, 2.75) is 6.92 Å². The highest BCUT2D eigenvalue weighted by atomic mass is 32.1. The van der Waals surface area contributed by atoms with Crippen molar-refractivity contribution in [2.75, 3.05) is 19.6 Å². The van der Waals surface area contributed by atoms with Crippen molar-refractivity contribution in [3.8, 4) is 33.2 Å². The third-order valence-electron chi connectivity index (χ3n) is 5.10. The first-order valence-corrected chi connectivity index (χ1v) is 11.1. The SMILES string of the molecule is COc1ccc(/C=N\Nc2nc(-c3ccc(C)cc3)c(-c3ccc([N+](=O)[O-])cc3)s2)c(OC)c1. The number of ether oxygens (including phenoxy) is 2. The van der Waals surface area contributed by atoms with E-state index in [2.05, 4.69) is 10.5 Å². The van der Waals surface area contributed by atoms with Gasteiger partial charge in [0.25, 0.3) is 5.69 Å². The molecule has 0 spiro atoms. The van der Waals surface area contributed by atoms with Gasteiger partial charge in [0.05, 0.1) is 35.9 Å². The second-order valence-electron chi connectivity index (χ2n) is 7.34. The van der Waals surface area contributed by atoms with Gasteiger partial charge in [-0.25, -0.2) is 4.98 Å². The lowest BCUT2D eigenvalue weighted by Gasteiger charge is -2.06. The van der Waals surface area contributed by atoms with Gasteiger partial charge in [-0.2, -0.15) is 5.10 Å². The molecule has 4 rings (SSSR count). The Bertz CT molecular complexity index is 1330. The number of hydrogen-bond donors (Lipinski definition) is 1. The van der Waals surface area contributed by atoms with Gasteiger partial charge in [-0.1, -0.05) is 41.2 Å². The molecule has 4 aromatic rings. The highest BCUT2D eigenvalue weighted by Crippen LogP contribution is 2.39. The number of nitrogens with one attached hydrogen (secondary N) is 1. The van der Waals surface area contributed by atoms with E-state index in [1.54, 1.807) is 38.6 Å². The second kappa shape index (κ2) is 10.1. The van der Waals surface area contributed by atoms with E-state index in [1.807, 2.05) is 43.3 Å². The van der Waals surface area contributed by atoms with Crippen molar-refractivity contribution in [1.29, 1.82) is 0 Å². The number of thiazole rings is 1. The Morgan fingerprint density at radius 1 is 1.00 bits per heavy atom. The molecule has 0 saturated carbocycles. The first-order valence-electron chi connectivity index (χ1n) is 10.3. The highest BCUT2D eigenvalue weighted by molar-refractivity contribution is 7.19. The van der Waals surface area contributed by atoms with Gasteiger partial charge in [0.15, 0.2) is 0 Å². The summed E-state index contributed by atoms with van der Waals surface area (Å²) in [6, 6.07) is 20.0. The number of non-ortho nitro benzene ring substituents is 1. The molecule has 0 unspecified atom stereocenters. The Morgan fingerprint density at radius 2 is 1.71 bits per heavy atom. The van der Waals surface area contributed by atoms with E-state index in [4.69, 9.17) is 14.5 Å². The molecule has 0 aliphatic carbocycles. The summed E-state index contributed by atoms with van der Waals surface area (Å²) in [5, 5.41) is 16.0. The lowest BCUT2D eigenvalue weighted by Crippen LogP contribution is -1.95. The Kier molecular flexibility index (Phi) is 6.84. The van der Waals surface area contributed by atoms with Crippen LogP contribution in [0.2, 0.25) is 0 Å². The van der Waals surface area contributed by atoms with Crippen molar-refractivity contribution >= 4 is 28.4 Å². The molecule has 172 valence electrons. The monoisotopic (exact) mass is 474 g/mol. The van der Waals surface area contributed by atoms with Gasteiger partial charge in [0, 0.05) is 29.3 Å². The van der Waals surface area contributed by atoms with Crippen LogP contribution in [0.3, 0.4) is 0 Å². The maximum absolute atomic E-state index is 11.0. The molecule has 0 radical (unpaired) electrons. The van der Waals surface area contributed by atoms with E-state index < -0.39 is 4.92 Å². The molecule has 0 fully saturated rings. The fourth-order valence-electron chi connectivity index (χ4n) is 3.29. The number of nitro benzene ring substituents is 1. The molecule has 0 bridgehead atoms. The Hall–Kier alpha value is -4.24. The van der Waals surface area contributed by atoms with Crippen molar-refractivity contribution in [2.24, 2.45) is 5.10 Å². The van der Waals surface area contributed by atoms with Crippen LogP contribution in [0.1, 0.15) is 11.1 Å². The minimum absolute atomic E-state index is 0.0431. The quantitative estimate of drug-likeness (QED) is 0.187. The Morgan fingerprint density at radius 3 is 2.35 bits per heavy atom. The molecule has 1 aromatic heterocycles. The normalized spacial score (nSPS) is 10.9. The summed E-state index contributed by atoms with van der Waals surface area (Å²) < 4.78 is 10.6. The average Bonchev–Trinajstić information content (AvgIpc) is 3.28. The largest absolute Gasteiger partial charge is 0.497 e. The molecular weight excluding hydrogens is 452 g/mol. The summed E-state index contributed by atoms with van der Waals surface area (Å²) >= 11 is 1.42. The molecule has 3 aromatic carbocycles. The van der Waals surface area contributed by atoms with Crippen LogP contribution in [0.25, 0.3) is 21.7 Å². The van der Waals surface area contributed by atoms with Crippen LogP contribution in [-0.4, -0.2) is 30.3 Å². The maximum Gasteiger partial charge on any atom is 0.269 e. The van der Waals surface area contributed by atoms with Gasteiger partial charge < -0.3 is 9.47 Å². The molecule has 1 heterocycles. The second-order valence-corrected chi connectivity index (χ2v) is 8.34. The molecule has 0 aliphatic rings. The molecule has 8 nitrogen and oxygen atoms in total. The Labute approximate surface area is 200 Å². The number of nitro groups is 1.